The van der Waals surface area contributed by atoms with Crippen LogP contribution in [0.2, 0.25) is 5.02 Å². The van der Waals surface area contributed by atoms with Gasteiger partial charge in [0.25, 0.3) is 5.91 Å². The highest BCUT2D eigenvalue weighted by atomic mass is 35.5. The minimum Gasteiger partial charge on any atom is -0.383 e. The van der Waals surface area contributed by atoms with Gasteiger partial charge >= 0.3 is 0 Å². The van der Waals surface area contributed by atoms with Crippen molar-refractivity contribution in [2.75, 3.05) is 61.2 Å². The zero-order valence-corrected chi connectivity index (χ0v) is 20.8. The lowest BCUT2D eigenvalue weighted by Crippen LogP contribution is -2.36. The highest BCUT2D eigenvalue weighted by Gasteiger charge is 2.20. The van der Waals surface area contributed by atoms with E-state index in [1.165, 1.54) is 32.3 Å². The number of methoxy groups -OCH3 is 2. The van der Waals surface area contributed by atoms with Crippen molar-refractivity contribution in [2.45, 2.75) is 30.6 Å². The first-order valence-corrected chi connectivity index (χ1v) is 12.2. The number of benzene rings is 1. The van der Waals surface area contributed by atoms with Gasteiger partial charge in [-0.25, -0.2) is 12.7 Å². The monoisotopic (exact) mass is 491 g/mol. The maximum atomic E-state index is 12.5. The van der Waals surface area contributed by atoms with E-state index in [1.54, 1.807) is 19.1 Å². The first kappa shape index (κ1) is 28.3. The molecule has 1 N–H and O–H groups in total. The zero-order chi connectivity index (χ0) is 24.1. The molecule has 0 saturated heterocycles. The smallest absolute Gasteiger partial charge is 0.252 e. The Balaban J connectivity index is 2.48. The number of amides is 2. The number of ether oxygens (including phenoxy) is 2. The molecule has 0 aliphatic rings. The standard InChI is InChI=1S/C21H34ClN3O6S/c1-24(2)32(28,29)17-9-10-19(22)18(16-17)21(27)23-11-7-5-6-8-20(26)25(12-14-30-3)13-15-31-4/h9-10,16H,5-8,11-15H2,1-4H3,(H,23,27). The van der Waals surface area contributed by atoms with E-state index in [9.17, 15) is 18.0 Å². The molecular weight excluding hydrogens is 458 g/mol. The van der Waals surface area contributed by atoms with Crippen LogP contribution >= 0.6 is 11.6 Å². The van der Waals surface area contributed by atoms with Crippen LogP contribution in [-0.2, 0) is 24.3 Å². The number of rotatable bonds is 15. The summed E-state index contributed by atoms with van der Waals surface area (Å²) < 4.78 is 35.7. The van der Waals surface area contributed by atoms with Gasteiger partial charge in [-0.05, 0) is 31.0 Å². The van der Waals surface area contributed by atoms with E-state index < -0.39 is 15.9 Å². The summed E-state index contributed by atoms with van der Waals surface area (Å²) in [7, 11) is 2.36. The minimum atomic E-state index is -3.67. The van der Waals surface area contributed by atoms with Gasteiger partial charge in [-0.3, -0.25) is 9.59 Å². The van der Waals surface area contributed by atoms with Gasteiger partial charge in [-0.15, -0.1) is 0 Å². The molecule has 1 rings (SSSR count). The normalized spacial score (nSPS) is 11.6. The Morgan fingerprint density at radius 1 is 1.03 bits per heavy atom. The zero-order valence-electron chi connectivity index (χ0n) is 19.2. The van der Waals surface area contributed by atoms with Crippen LogP contribution in [0.5, 0.6) is 0 Å². The van der Waals surface area contributed by atoms with Crippen LogP contribution in [0, 0.1) is 0 Å². The number of halogens is 1. The van der Waals surface area contributed by atoms with E-state index in [0.29, 0.717) is 52.1 Å². The Kier molecular flexibility index (Phi) is 12.8. The summed E-state index contributed by atoms with van der Waals surface area (Å²) >= 11 is 6.09. The lowest BCUT2D eigenvalue weighted by Gasteiger charge is -2.22. The average Bonchev–Trinajstić information content (AvgIpc) is 2.75. The number of hydrogen-bond acceptors (Lipinski definition) is 6. The Bertz CT molecular complexity index is 840. The van der Waals surface area contributed by atoms with Crippen LogP contribution in [0.4, 0.5) is 0 Å². The third kappa shape index (κ3) is 9.03. The van der Waals surface area contributed by atoms with Crippen LogP contribution in [0.15, 0.2) is 23.1 Å². The molecule has 1 aromatic carbocycles. The van der Waals surface area contributed by atoms with Gasteiger partial charge in [0.15, 0.2) is 0 Å². The fourth-order valence-corrected chi connectivity index (χ4v) is 3.98. The number of nitrogens with zero attached hydrogens (tertiary/aromatic N) is 2. The molecule has 9 nitrogen and oxygen atoms in total. The summed E-state index contributed by atoms with van der Waals surface area (Å²) in [6, 6.07) is 4.05. The van der Waals surface area contributed by atoms with Crippen molar-refractivity contribution in [1.29, 1.82) is 0 Å². The van der Waals surface area contributed by atoms with Gasteiger partial charge in [0.1, 0.15) is 0 Å². The van der Waals surface area contributed by atoms with E-state index in [0.717, 1.165) is 10.7 Å². The fourth-order valence-electron chi connectivity index (χ4n) is 2.85. The Morgan fingerprint density at radius 3 is 2.22 bits per heavy atom. The Labute approximate surface area is 196 Å². The summed E-state index contributed by atoms with van der Waals surface area (Å²) in [5.74, 6) is -0.388. The van der Waals surface area contributed by atoms with Gasteiger partial charge in [0, 0.05) is 54.4 Å². The second-order valence-corrected chi connectivity index (χ2v) is 9.92. The van der Waals surface area contributed by atoms with Crippen molar-refractivity contribution < 1.29 is 27.5 Å². The van der Waals surface area contributed by atoms with E-state index in [4.69, 9.17) is 21.1 Å². The lowest BCUT2D eigenvalue weighted by atomic mass is 10.1. The highest BCUT2D eigenvalue weighted by Crippen LogP contribution is 2.22. The lowest BCUT2D eigenvalue weighted by molar-refractivity contribution is -0.132. The molecular formula is C21H34ClN3O6S. The summed E-state index contributed by atoms with van der Waals surface area (Å²) in [5, 5.41) is 2.93. The maximum absolute atomic E-state index is 12.5. The van der Waals surface area contributed by atoms with Crippen LogP contribution in [0.1, 0.15) is 36.0 Å². The molecule has 0 radical (unpaired) electrons. The van der Waals surface area contributed by atoms with Crippen molar-refractivity contribution in [3.05, 3.63) is 28.8 Å². The molecule has 11 heteroatoms. The average molecular weight is 492 g/mol. The predicted molar refractivity (Wildman–Crippen MR) is 123 cm³/mol. The molecule has 0 atom stereocenters. The largest absolute Gasteiger partial charge is 0.383 e. The summed E-state index contributed by atoms with van der Waals surface area (Å²) in [6.45, 7) is 2.39. The van der Waals surface area contributed by atoms with Crippen molar-refractivity contribution in [3.63, 3.8) is 0 Å². The van der Waals surface area contributed by atoms with E-state index in [1.807, 2.05) is 0 Å². The highest BCUT2D eigenvalue weighted by molar-refractivity contribution is 7.89. The Hall–Kier alpha value is -1.72. The SMILES string of the molecule is COCCN(CCOC)C(=O)CCCCCNC(=O)c1cc(S(=O)(=O)N(C)C)ccc1Cl. The van der Waals surface area contributed by atoms with Crippen molar-refractivity contribution in [3.8, 4) is 0 Å². The number of sulfonamides is 1. The quantitative estimate of drug-likeness (QED) is 0.376. The molecule has 32 heavy (non-hydrogen) atoms. The molecule has 0 heterocycles. The maximum Gasteiger partial charge on any atom is 0.252 e. The number of unbranched alkanes of at least 4 members (excludes halogenated alkanes) is 2. The molecule has 1 aromatic rings. The van der Waals surface area contributed by atoms with Crippen LogP contribution in [0.3, 0.4) is 0 Å². The minimum absolute atomic E-state index is 0.00191. The van der Waals surface area contributed by atoms with Gasteiger partial charge in [0.05, 0.1) is 28.7 Å². The fraction of sp³-hybridized carbons (Fsp3) is 0.619. The second-order valence-electron chi connectivity index (χ2n) is 7.36. The molecule has 182 valence electrons. The second kappa shape index (κ2) is 14.4. The van der Waals surface area contributed by atoms with Gasteiger partial charge in [-0.2, -0.15) is 0 Å². The van der Waals surface area contributed by atoms with E-state index in [2.05, 4.69) is 5.32 Å². The van der Waals surface area contributed by atoms with Gasteiger partial charge < -0.3 is 19.7 Å². The third-order valence-electron chi connectivity index (χ3n) is 4.80. The van der Waals surface area contributed by atoms with Gasteiger partial charge in [-0.1, -0.05) is 18.0 Å². The third-order valence-corrected chi connectivity index (χ3v) is 6.94. The van der Waals surface area contributed by atoms with Crippen LogP contribution < -0.4 is 5.32 Å². The predicted octanol–water partition coefficient (Wildman–Crippen LogP) is 2.00. The first-order valence-electron chi connectivity index (χ1n) is 10.4. The topological polar surface area (TPSA) is 105 Å². The molecule has 0 unspecified atom stereocenters. The molecule has 0 saturated carbocycles. The molecule has 0 aromatic heterocycles. The molecule has 0 aliphatic heterocycles. The molecule has 2 amide bonds. The number of hydrogen-bond donors (Lipinski definition) is 1. The summed E-state index contributed by atoms with van der Waals surface area (Å²) in [6.07, 6.45) is 2.56. The number of carbonyl (C=O) groups is 2. The summed E-state index contributed by atoms with van der Waals surface area (Å²) in [4.78, 5) is 26.5. The first-order chi connectivity index (χ1) is 15.1. The van der Waals surface area contributed by atoms with E-state index >= 15 is 0 Å². The number of carbonyl (C=O) groups excluding carboxylic acids is 2. The van der Waals surface area contributed by atoms with Gasteiger partial charge in [0.2, 0.25) is 15.9 Å². The number of nitrogens with one attached hydrogen (secondary N) is 1. The molecule has 0 spiro atoms. The molecule has 0 fully saturated rings. The summed E-state index contributed by atoms with van der Waals surface area (Å²) in [5.41, 5.74) is 0.108. The molecule has 0 aliphatic carbocycles. The van der Waals surface area contributed by atoms with Crippen molar-refractivity contribution in [1.82, 2.24) is 14.5 Å². The molecule has 0 bridgehead atoms. The van der Waals surface area contributed by atoms with Crippen LogP contribution in [0.25, 0.3) is 0 Å². The van der Waals surface area contributed by atoms with E-state index in [-0.39, 0.29) is 21.4 Å². The van der Waals surface area contributed by atoms with Crippen LogP contribution in [-0.4, -0.2) is 90.6 Å². The Morgan fingerprint density at radius 2 is 1.66 bits per heavy atom. The van der Waals surface area contributed by atoms with Crippen molar-refractivity contribution in [2.24, 2.45) is 0 Å². The van der Waals surface area contributed by atoms with Crippen molar-refractivity contribution >= 4 is 33.4 Å².